The molecular formula is C47H92O15P2. The monoisotopic (exact) mass is 959 g/mol. The standard InChI is InChI=1S/C47H92O15P2/c1-3-5-7-9-11-13-15-17-19-20-22-24-26-28-30-32-34-36-47(52)58-38-44(49)40-60-64(55,56)62-42-45(50)41-61-63(53,54)59-39-43(48)37-57-46(51)35-33-31-29-27-25-23-21-18-16-14-12-10-8-6-4-2/h14,16,43-45,48-50H,3-13,15,17-42H2,1-2H3,(H,53,54)(H,55,56)/b16-14-. The average molecular weight is 959 g/mol. The molecule has 0 saturated carbocycles. The predicted molar refractivity (Wildman–Crippen MR) is 252 cm³/mol. The van der Waals surface area contributed by atoms with Gasteiger partial charge in [0.05, 0.1) is 26.4 Å². The van der Waals surface area contributed by atoms with Crippen molar-refractivity contribution in [1.29, 1.82) is 0 Å². The second-order valence-electron chi connectivity index (χ2n) is 17.2. The van der Waals surface area contributed by atoms with Crippen LogP contribution in [0.5, 0.6) is 0 Å². The Morgan fingerprint density at radius 2 is 0.625 bits per heavy atom. The number of unbranched alkanes of at least 4 members (excludes halogenated alkanes) is 27. The maximum atomic E-state index is 12.2. The topological polar surface area (TPSA) is 225 Å². The number of rotatable bonds is 49. The highest BCUT2D eigenvalue weighted by atomic mass is 31.2. The van der Waals surface area contributed by atoms with Crippen molar-refractivity contribution in [3.8, 4) is 0 Å². The van der Waals surface area contributed by atoms with E-state index in [9.17, 15) is 43.8 Å². The number of phosphoric ester groups is 2. The molecule has 0 aromatic rings. The van der Waals surface area contributed by atoms with Crippen LogP contribution in [0.4, 0.5) is 0 Å². The van der Waals surface area contributed by atoms with E-state index >= 15 is 0 Å². The maximum absolute atomic E-state index is 12.2. The van der Waals surface area contributed by atoms with Crippen molar-refractivity contribution in [2.45, 2.75) is 238 Å². The molecule has 64 heavy (non-hydrogen) atoms. The lowest BCUT2D eigenvalue weighted by Crippen LogP contribution is -2.25. The smallest absolute Gasteiger partial charge is 0.463 e. The summed E-state index contributed by atoms with van der Waals surface area (Å²) in [6, 6.07) is 0. The lowest BCUT2D eigenvalue weighted by atomic mass is 10.0. The second kappa shape index (κ2) is 44.3. The number of esters is 2. The van der Waals surface area contributed by atoms with E-state index in [1.54, 1.807) is 0 Å². The number of phosphoric acid groups is 2. The summed E-state index contributed by atoms with van der Waals surface area (Å²) in [4.78, 5) is 43.8. The molecule has 5 N–H and O–H groups in total. The Kier molecular flexibility index (Phi) is 43.5. The zero-order valence-electron chi connectivity index (χ0n) is 40.0. The molecule has 0 saturated heterocycles. The van der Waals surface area contributed by atoms with Gasteiger partial charge in [-0.05, 0) is 38.5 Å². The lowest BCUT2D eigenvalue weighted by molar-refractivity contribution is -0.148. The molecule has 0 heterocycles. The number of allylic oxidation sites excluding steroid dienone is 2. The molecule has 0 aromatic heterocycles. The van der Waals surface area contributed by atoms with Crippen molar-refractivity contribution in [3.05, 3.63) is 12.2 Å². The molecule has 0 rings (SSSR count). The minimum absolute atomic E-state index is 0.194. The van der Waals surface area contributed by atoms with Gasteiger partial charge in [0.25, 0.3) is 0 Å². The van der Waals surface area contributed by atoms with Crippen LogP contribution in [0, 0.1) is 0 Å². The molecule has 0 spiro atoms. The normalized spacial score (nSPS) is 15.2. The molecule has 17 heteroatoms. The number of aliphatic hydroxyl groups excluding tert-OH is 3. The first-order valence-corrected chi connectivity index (χ1v) is 28.0. The zero-order chi connectivity index (χ0) is 47.4. The Hall–Kier alpha value is -1.22. The first-order chi connectivity index (χ1) is 30.8. The number of ether oxygens (including phenoxy) is 2. The third-order valence-corrected chi connectivity index (χ3v) is 12.6. The van der Waals surface area contributed by atoms with Gasteiger partial charge in [-0.25, -0.2) is 9.13 Å². The van der Waals surface area contributed by atoms with E-state index in [-0.39, 0.29) is 12.8 Å². The van der Waals surface area contributed by atoms with E-state index in [4.69, 9.17) is 14.0 Å². The van der Waals surface area contributed by atoms with Crippen LogP contribution in [0.1, 0.15) is 219 Å². The SMILES string of the molecule is CCCCCC/C=C\CCCCCCCCCC(=O)OCC(O)COP(=O)(O)OCC(O)COP(=O)(O)OCC(O)COC(=O)CCCCCCCCCCCCCCCCCCC. The predicted octanol–water partition coefficient (Wildman–Crippen LogP) is 11.5. The molecule has 0 radical (unpaired) electrons. The molecule has 0 amide bonds. The van der Waals surface area contributed by atoms with E-state index < -0.39 is 85.5 Å². The van der Waals surface area contributed by atoms with E-state index in [0.717, 1.165) is 44.9 Å². The average Bonchev–Trinajstić information content (AvgIpc) is 3.27. The van der Waals surface area contributed by atoms with Crippen LogP contribution >= 0.6 is 15.6 Å². The van der Waals surface area contributed by atoms with Crippen molar-refractivity contribution in [3.63, 3.8) is 0 Å². The number of carbonyl (C=O) groups is 2. The highest BCUT2D eigenvalue weighted by molar-refractivity contribution is 7.47. The molecule has 0 aliphatic carbocycles. The van der Waals surface area contributed by atoms with Crippen LogP contribution in [0.25, 0.3) is 0 Å². The first kappa shape index (κ1) is 62.8. The summed E-state index contributed by atoms with van der Waals surface area (Å²) in [7, 11) is -9.56. The molecule has 0 bridgehead atoms. The van der Waals surface area contributed by atoms with Gasteiger partial charge >= 0.3 is 27.6 Å². The minimum atomic E-state index is -4.78. The van der Waals surface area contributed by atoms with Crippen LogP contribution in [0.2, 0.25) is 0 Å². The molecule has 0 aliphatic rings. The van der Waals surface area contributed by atoms with Crippen LogP contribution in [0.3, 0.4) is 0 Å². The van der Waals surface area contributed by atoms with Crippen molar-refractivity contribution in [1.82, 2.24) is 0 Å². The van der Waals surface area contributed by atoms with Gasteiger partial charge in [-0.1, -0.05) is 180 Å². The van der Waals surface area contributed by atoms with E-state index in [1.807, 2.05) is 0 Å². The maximum Gasteiger partial charge on any atom is 0.472 e. The fraction of sp³-hybridized carbons (Fsp3) is 0.915. The minimum Gasteiger partial charge on any atom is -0.463 e. The van der Waals surface area contributed by atoms with Crippen molar-refractivity contribution in [2.75, 3.05) is 39.6 Å². The quantitative estimate of drug-likeness (QED) is 0.0165. The van der Waals surface area contributed by atoms with Gasteiger partial charge in [0.1, 0.15) is 31.5 Å². The highest BCUT2D eigenvalue weighted by Gasteiger charge is 2.28. The van der Waals surface area contributed by atoms with E-state index in [0.29, 0.717) is 12.8 Å². The Morgan fingerprint density at radius 3 is 0.922 bits per heavy atom. The summed E-state index contributed by atoms with van der Waals surface area (Å²) in [5.74, 6) is -0.990. The Labute approximate surface area is 387 Å². The molecule has 5 atom stereocenters. The third kappa shape index (κ3) is 45.9. The molecule has 15 nitrogen and oxygen atoms in total. The molecule has 0 fully saturated rings. The van der Waals surface area contributed by atoms with Gasteiger partial charge in [-0.15, -0.1) is 0 Å². The van der Waals surface area contributed by atoms with Crippen LogP contribution in [-0.4, -0.2) is 95.0 Å². The van der Waals surface area contributed by atoms with Gasteiger partial charge in [-0.2, -0.15) is 0 Å². The Bertz CT molecular complexity index is 1210. The lowest BCUT2D eigenvalue weighted by Gasteiger charge is -2.19. The Morgan fingerprint density at radius 1 is 0.391 bits per heavy atom. The number of hydrogen-bond acceptors (Lipinski definition) is 13. The van der Waals surface area contributed by atoms with Crippen molar-refractivity contribution >= 4 is 27.6 Å². The summed E-state index contributed by atoms with van der Waals surface area (Å²) in [5, 5.41) is 30.0. The van der Waals surface area contributed by atoms with E-state index in [1.165, 1.54) is 135 Å². The highest BCUT2D eigenvalue weighted by Crippen LogP contribution is 2.45. The van der Waals surface area contributed by atoms with Gasteiger partial charge in [0, 0.05) is 12.8 Å². The third-order valence-electron chi connectivity index (χ3n) is 10.7. The van der Waals surface area contributed by atoms with Crippen LogP contribution in [0.15, 0.2) is 12.2 Å². The van der Waals surface area contributed by atoms with Gasteiger partial charge in [-0.3, -0.25) is 27.7 Å². The number of carbonyl (C=O) groups excluding carboxylic acids is 2. The fourth-order valence-corrected chi connectivity index (χ4v) is 8.39. The summed E-state index contributed by atoms with van der Waals surface area (Å²) in [5.41, 5.74) is 0. The largest absolute Gasteiger partial charge is 0.472 e. The summed E-state index contributed by atoms with van der Waals surface area (Å²) in [6.45, 7) is 0.445. The summed E-state index contributed by atoms with van der Waals surface area (Å²) < 4.78 is 53.0. The van der Waals surface area contributed by atoms with Crippen LogP contribution in [-0.2, 0) is 46.3 Å². The summed E-state index contributed by atoms with van der Waals surface area (Å²) in [6.07, 6.45) is 36.2. The molecule has 0 aromatic carbocycles. The Balaban J connectivity index is 3.85. The second-order valence-corrected chi connectivity index (χ2v) is 20.1. The van der Waals surface area contributed by atoms with Gasteiger partial charge in [0.2, 0.25) is 0 Å². The van der Waals surface area contributed by atoms with Crippen molar-refractivity contribution in [2.24, 2.45) is 0 Å². The molecule has 0 aliphatic heterocycles. The van der Waals surface area contributed by atoms with E-state index in [2.05, 4.69) is 39.6 Å². The van der Waals surface area contributed by atoms with Crippen molar-refractivity contribution < 1.29 is 71.4 Å². The molecular weight excluding hydrogens is 866 g/mol. The van der Waals surface area contributed by atoms with Gasteiger partial charge < -0.3 is 34.6 Å². The first-order valence-electron chi connectivity index (χ1n) is 25.0. The molecule has 5 unspecified atom stereocenters. The van der Waals surface area contributed by atoms with Crippen LogP contribution < -0.4 is 0 Å². The summed E-state index contributed by atoms with van der Waals surface area (Å²) >= 11 is 0. The fourth-order valence-electron chi connectivity index (χ4n) is 6.80. The number of aliphatic hydroxyl groups is 3. The molecule has 380 valence electrons. The van der Waals surface area contributed by atoms with Gasteiger partial charge in [0.15, 0.2) is 0 Å². The number of hydrogen-bond donors (Lipinski definition) is 5. The zero-order valence-corrected chi connectivity index (χ0v) is 41.8.